The number of hydrogen-bond acceptors (Lipinski definition) is 2. The van der Waals surface area contributed by atoms with Gasteiger partial charge in [0.2, 0.25) is 0 Å². The summed E-state index contributed by atoms with van der Waals surface area (Å²) in [5.74, 6) is 2.83. The van der Waals surface area contributed by atoms with E-state index in [1.807, 2.05) is 0 Å². The highest BCUT2D eigenvalue weighted by molar-refractivity contribution is 5.05. The predicted octanol–water partition coefficient (Wildman–Crippen LogP) is 1.70. The first-order valence-electron chi connectivity index (χ1n) is 5.74. The van der Waals surface area contributed by atoms with Gasteiger partial charge in [0.15, 0.2) is 0 Å². The molecule has 0 aromatic heterocycles. The molecule has 1 saturated heterocycles. The minimum absolute atomic E-state index is 0.139. The molecule has 2 rings (SSSR count). The van der Waals surface area contributed by atoms with Gasteiger partial charge < -0.3 is 4.74 Å². The van der Waals surface area contributed by atoms with E-state index in [9.17, 15) is 0 Å². The minimum Gasteiger partial charge on any atom is -0.376 e. The molecular formula is C12H19NO. The highest BCUT2D eigenvalue weighted by Crippen LogP contribution is 2.21. The molecule has 0 aromatic carbocycles. The van der Waals surface area contributed by atoms with Gasteiger partial charge in [-0.1, -0.05) is 18.8 Å². The Morgan fingerprint density at radius 2 is 2.00 bits per heavy atom. The third kappa shape index (κ3) is 2.29. The number of hydrogen-bond donors (Lipinski definition) is 1. The molecule has 1 N–H and O–H groups in total. The lowest BCUT2D eigenvalue weighted by molar-refractivity contribution is 0.0905. The number of nitrogens with one attached hydrogen (secondary N) is 1. The van der Waals surface area contributed by atoms with Crippen molar-refractivity contribution in [2.45, 2.75) is 56.7 Å². The molecule has 2 unspecified atom stereocenters. The van der Waals surface area contributed by atoms with Gasteiger partial charge in [-0.25, -0.2) is 0 Å². The van der Waals surface area contributed by atoms with E-state index < -0.39 is 0 Å². The first kappa shape index (κ1) is 10.0. The predicted molar refractivity (Wildman–Crippen MR) is 57.0 cm³/mol. The van der Waals surface area contributed by atoms with E-state index in [2.05, 4.69) is 11.2 Å². The Labute approximate surface area is 86.4 Å². The van der Waals surface area contributed by atoms with Gasteiger partial charge in [-0.15, -0.1) is 6.42 Å². The third-order valence-electron chi connectivity index (χ3n) is 3.29. The second-order valence-electron chi connectivity index (χ2n) is 4.34. The zero-order valence-electron chi connectivity index (χ0n) is 8.67. The van der Waals surface area contributed by atoms with E-state index in [1.54, 1.807) is 0 Å². The molecule has 2 aliphatic rings. The molecule has 0 amide bonds. The lowest BCUT2D eigenvalue weighted by Crippen LogP contribution is -2.43. The Hall–Kier alpha value is -0.520. The Bertz CT molecular complexity index is 209. The van der Waals surface area contributed by atoms with Crippen LogP contribution in [0.5, 0.6) is 0 Å². The van der Waals surface area contributed by atoms with E-state index >= 15 is 0 Å². The van der Waals surface area contributed by atoms with Crippen LogP contribution in [-0.2, 0) is 4.74 Å². The van der Waals surface area contributed by atoms with Gasteiger partial charge in [-0.05, 0) is 25.7 Å². The Kier molecular flexibility index (Phi) is 3.44. The summed E-state index contributed by atoms with van der Waals surface area (Å²) in [4.78, 5) is 0. The van der Waals surface area contributed by atoms with Gasteiger partial charge in [0.05, 0.1) is 12.1 Å². The second kappa shape index (κ2) is 4.82. The summed E-state index contributed by atoms with van der Waals surface area (Å²) < 4.78 is 5.61. The van der Waals surface area contributed by atoms with Crippen LogP contribution in [0, 0.1) is 12.3 Å². The highest BCUT2D eigenvalue weighted by atomic mass is 16.5. The van der Waals surface area contributed by atoms with Crippen molar-refractivity contribution in [1.29, 1.82) is 0 Å². The van der Waals surface area contributed by atoms with Gasteiger partial charge in [-0.2, -0.15) is 0 Å². The molecule has 1 saturated carbocycles. The van der Waals surface area contributed by atoms with Crippen LogP contribution in [0.1, 0.15) is 38.5 Å². The van der Waals surface area contributed by atoms with Gasteiger partial charge >= 0.3 is 0 Å². The highest BCUT2D eigenvalue weighted by Gasteiger charge is 2.27. The van der Waals surface area contributed by atoms with Crippen LogP contribution in [0.3, 0.4) is 0 Å². The summed E-state index contributed by atoms with van der Waals surface area (Å²) in [6.45, 7) is 0.884. The van der Waals surface area contributed by atoms with Gasteiger partial charge in [-0.3, -0.25) is 5.32 Å². The normalized spacial score (nSPS) is 30.4. The van der Waals surface area contributed by atoms with Gasteiger partial charge in [0, 0.05) is 12.6 Å². The molecule has 2 atom stereocenters. The summed E-state index contributed by atoms with van der Waals surface area (Å²) in [6, 6.07) is 0.779. The maximum Gasteiger partial charge on any atom is 0.0954 e. The minimum atomic E-state index is 0.139. The average molecular weight is 193 g/mol. The molecule has 2 fully saturated rings. The van der Waals surface area contributed by atoms with E-state index in [-0.39, 0.29) is 12.1 Å². The van der Waals surface area contributed by atoms with Crippen molar-refractivity contribution in [3.8, 4) is 12.3 Å². The SMILES string of the molecule is C#CC(NC1CCCC1)C1CCCO1. The fourth-order valence-corrected chi connectivity index (χ4v) is 2.47. The van der Waals surface area contributed by atoms with Crippen LogP contribution in [0.25, 0.3) is 0 Å². The van der Waals surface area contributed by atoms with E-state index in [1.165, 1.54) is 25.7 Å². The van der Waals surface area contributed by atoms with E-state index in [0.717, 1.165) is 19.4 Å². The van der Waals surface area contributed by atoms with Crippen molar-refractivity contribution in [3.05, 3.63) is 0 Å². The maximum absolute atomic E-state index is 5.61. The fourth-order valence-electron chi connectivity index (χ4n) is 2.47. The molecule has 14 heavy (non-hydrogen) atoms. The molecule has 78 valence electrons. The Morgan fingerprint density at radius 1 is 1.21 bits per heavy atom. The second-order valence-corrected chi connectivity index (χ2v) is 4.34. The molecule has 0 spiro atoms. The molecule has 2 nitrogen and oxygen atoms in total. The van der Waals surface area contributed by atoms with Crippen molar-refractivity contribution >= 4 is 0 Å². The molecule has 0 radical (unpaired) electrons. The summed E-state index contributed by atoms with van der Waals surface area (Å²) >= 11 is 0. The topological polar surface area (TPSA) is 21.3 Å². The number of terminal acetylenes is 1. The quantitative estimate of drug-likeness (QED) is 0.689. The summed E-state index contributed by atoms with van der Waals surface area (Å²) in [5.41, 5.74) is 0. The zero-order chi connectivity index (χ0) is 9.80. The first-order valence-corrected chi connectivity index (χ1v) is 5.74. The first-order chi connectivity index (χ1) is 6.90. The smallest absolute Gasteiger partial charge is 0.0954 e. The molecule has 2 heteroatoms. The maximum atomic E-state index is 5.61. The van der Waals surface area contributed by atoms with Crippen LogP contribution >= 0.6 is 0 Å². The van der Waals surface area contributed by atoms with Crippen molar-refractivity contribution in [2.75, 3.05) is 6.61 Å². The summed E-state index contributed by atoms with van der Waals surface area (Å²) in [6.07, 6.45) is 13.3. The molecule has 1 aliphatic carbocycles. The molecular weight excluding hydrogens is 174 g/mol. The largest absolute Gasteiger partial charge is 0.376 e. The van der Waals surface area contributed by atoms with Crippen LogP contribution in [0.4, 0.5) is 0 Å². The number of ether oxygens (including phenoxy) is 1. The van der Waals surface area contributed by atoms with Crippen LogP contribution < -0.4 is 5.32 Å². The van der Waals surface area contributed by atoms with Gasteiger partial charge in [0.1, 0.15) is 0 Å². The molecule has 0 aromatic rings. The Morgan fingerprint density at radius 3 is 2.57 bits per heavy atom. The Balaban J connectivity index is 1.83. The van der Waals surface area contributed by atoms with Crippen LogP contribution in [-0.4, -0.2) is 24.8 Å². The molecule has 0 bridgehead atoms. The van der Waals surface area contributed by atoms with E-state index in [4.69, 9.17) is 11.2 Å². The molecule has 1 aliphatic heterocycles. The van der Waals surface area contributed by atoms with Crippen LogP contribution in [0.15, 0.2) is 0 Å². The zero-order valence-corrected chi connectivity index (χ0v) is 8.67. The molecule has 1 heterocycles. The van der Waals surface area contributed by atoms with Crippen molar-refractivity contribution < 1.29 is 4.74 Å². The standard InChI is InChI=1S/C12H19NO/c1-2-11(12-8-5-9-14-12)13-10-6-3-4-7-10/h1,10-13H,3-9H2. The van der Waals surface area contributed by atoms with E-state index in [0.29, 0.717) is 6.04 Å². The summed E-state index contributed by atoms with van der Waals surface area (Å²) in [5, 5.41) is 3.55. The van der Waals surface area contributed by atoms with Crippen molar-refractivity contribution in [1.82, 2.24) is 5.32 Å². The van der Waals surface area contributed by atoms with Crippen molar-refractivity contribution in [2.24, 2.45) is 0 Å². The lowest BCUT2D eigenvalue weighted by Gasteiger charge is -2.23. The lowest BCUT2D eigenvalue weighted by atomic mass is 10.1. The third-order valence-corrected chi connectivity index (χ3v) is 3.29. The van der Waals surface area contributed by atoms with Crippen molar-refractivity contribution in [3.63, 3.8) is 0 Å². The van der Waals surface area contributed by atoms with Crippen LogP contribution in [0.2, 0.25) is 0 Å². The monoisotopic (exact) mass is 193 g/mol. The fraction of sp³-hybridized carbons (Fsp3) is 0.833. The average Bonchev–Trinajstić information content (AvgIpc) is 2.86. The number of rotatable bonds is 3. The van der Waals surface area contributed by atoms with Gasteiger partial charge in [0.25, 0.3) is 0 Å². The summed E-state index contributed by atoms with van der Waals surface area (Å²) in [7, 11) is 0.